The van der Waals surface area contributed by atoms with E-state index >= 15 is 0 Å². The van der Waals surface area contributed by atoms with E-state index in [1.165, 1.54) is 11.3 Å². The number of rotatable bonds is 3. The van der Waals surface area contributed by atoms with E-state index in [1.807, 2.05) is 10.3 Å². The Morgan fingerprint density at radius 1 is 1.45 bits per heavy atom. The fourth-order valence-electron chi connectivity index (χ4n) is 2.83. The molecule has 1 amide bonds. The molecule has 1 aromatic rings. The van der Waals surface area contributed by atoms with E-state index < -0.39 is 0 Å². The third-order valence-electron chi connectivity index (χ3n) is 3.96. The summed E-state index contributed by atoms with van der Waals surface area (Å²) in [7, 11) is 0. The first kappa shape index (κ1) is 13.9. The maximum absolute atomic E-state index is 12.4. The largest absolute Gasteiger partial charge is 0.379 e. The normalized spacial score (nSPS) is 24.2. The molecule has 2 saturated heterocycles. The third-order valence-corrected chi connectivity index (χ3v) is 4.83. The number of thiazole rings is 1. The van der Waals surface area contributed by atoms with Gasteiger partial charge in [0.2, 0.25) is 0 Å². The van der Waals surface area contributed by atoms with Crippen molar-refractivity contribution in [3.05, 3.63) is 16.1 Å². The van der Waals surface area contributed by atoms with E-state index in [1.54, 1.807) is 0 Å². The van der Waals surface area contributed by atoms with Gasteiger partial charge in [-0.1, -0.05) is 0 Å². The molecule has 2 aliphatic heterocycles. The van der Waals surface area contributed by atoms with Crippen LogP contribution in [0.4, 0.5) is 0 Å². The second-order valence-corrected chi connectivity index (χ2v) is 6.12. The number of nitrogens with two attached hydrogens (primary N) is 1. The topological polar surface area (TPSA) is 71.7 Å². The van der Waals surface area contributed by atoms with E-state index in [-0.39, 0.29) is 5.91 Å². The van der Waals surface area contributed by atoms with Crippen molar-refractivity contribution in [3.8, 4) is 0 Å². The minimum Gasteiger partial charge on any atom is -0.379 e. The first-order valence-electron chi connectivity index (χ1n) is 7.03. The molecule has 2 N–H and O–H groups in total. The van der Waals surface area contributed by atoms with Gasteiger partial charge in [-0.25, -0.2) is 4.98 Å². The highest BCUT2D eigenvalue weighted by atomic mass is 32.1. The second kappa shape index (κ2) is 6.17. The lowest BCUT2D eigenvalue weighted by molar-refractivity contribution is 0.0185. The smallest absolute Gasteiger partial charge is 0.273 e. The Morgan fingerprint density at radius 2 is 2.25 bits per heavy atom. The van der Waals surface area contributed by atoms with Gasteiger partial charge >= 0.3 is 0 Å². The fraction of sp³-hybridized carbons (Fsp3) is 0.692. The van der Waals surface area contributed by atoms with Crippen LogP contribution in [0.5, 0.6) is 0 Å². The van der Waals surface area contributed by atoms with Gasteiger partial charge in [0.1, 0.15) is 10.7 Å². The summed E-state index contributed by atoms with van der Waals surface area (Å²) >= 11 is 1.45. The molecular weight excluding hydrogens is 276 g/mol. The summed E-state index contributed by atoms with van der Waals surface area (Å²) in [5.74, 6) is 0.0386. The molecule has 0 aromatic carbocycles. The average molecular weight is 296 g/mol. The number of morpholine rings is 1. The highest BCUT2D eigenvalue weighted by Gasteiger charge is 2.32. The Hall–Kier alpha value is -1.02. The summed E-state index contributed by atoms with van der Waals surface area (Å²) in [5, 5.41) is 2.63. The highest BCUT2D eigenvalue weighted by molar-refractivity contribution is 7.09. The standard InChI is InChI=1S/C13H20N4O2S/c14-7-12-15-11(9-20-12)13(18)17-2-1-10(8-17)16-3-5-19-6-4-16/h9-10H,1-8,14H2. The maximum Gasteiger partial charge on any atom is 0.273 e. The predicted octanol–water partition coefficient (Wildman–Crippen LogP) is 0.148. The van der Waals surface area contributed by atoms with Gasteiger partial charge < -0.3 is 15.4 Å². The zero-order valence-corrected chi connectivity index (χ0v) is 12.3. The van der Waals surface area contributed by atoms with Crippen molar-refractivity contribution in [2.24, 2.45) is 5.73 Å². The van der Waals surface area contributed by atoms with Gasteiger partial charge in [-0.15, -0.1) is 11.3 Å². The summed E-state index contributed by atoms with van der Waals surface area (Å²) in [6.07, 6.45) is 1.04. The monoisotopic (exact) mass is 296 g/mol. The van der Waals surface area contributed by atoms with Crippen LogP contribution >= 0.6 is 11.3 Å². The predicted molar refractivity (Wildman–Crippen MR) is 76.7 cm³/mol. The number of hydrogen-bond donors (Lipinski definition) is 1. The lowest BCUT2D eigenvalue weighted by Gasteiger charge is -2.31. The Balaban J connectivity index is 1.60. The first-order chi connectivity index (χ1) is 9.78. The third kappa shape index (κ3) is 2.85. The van der Waals surface area contributed by atoms with Gasteiger partial charge in [0, 0.05) is 44.1 Å². The number of carbonyl (C=O) groups excluding carboxylic acids is 1. The van der Waals surface area contributed by atoms with Gasteiger partial charge in [0.25, 0.3) is 5.91 Å². The molecule has 6 nitrogen and oxygen atoms in total. The molecule has 2 aliphatic rings. The number of likely N-dealkylation sites (tertiary alicyclic amines) is 1. The number of aromatic nitrogens is 1. The molecule has 110 valence electrons. The quantitative estimate of drug-likeness (QED) is 0.859. The number of nitrogens with zero attached hydrogens (tertiary/aromatic N) is 3. The van der Waals surface area contributed by atoms with Crippen LogP contribution in [0.2, 0.25) is 0 Å². The Kier molecular flexibility index (Phi) is 4.30. The van der Waals surface area contributed by atoms with E-state index in [0.717, 1.165) is 50.8 Å². The molecule has 1 atom stereocenters. The van der Waals surface area contributed by atoms with Crippen molar-refractivity contribution in [3.63, 3.8) is 0 Å². The fourth-order valence-corrected chi connectivity index (χ4v) is 3.48. The molecule has 0 aliphatic carbocycles. The van der Waals surface area contributed by atoms with E-state index in [2.05, 4.69) is 9.88 Å². The van der Waals surface area contributed by atoms with Crippen molar-refractivity contribution >= 4 is 17.2 Å². The van der Waals surface area contributed by atoms with Gasteiger partial charge in [-0.2, -0.15) is 0 Å². The molecule has 0 spiro atoms. The number of amides is 1. The van der Waals surface area contributed by atoms with Gasteiger partial charge in [0.15, 0.2) is 0 Å². The van der Waals surface area contributed by atoms with Crippen LogP contribution in [0.1, 0.15) is 21.9 Å². The van der Waals surface area contributed by atoms with Crippen molar-refractivity contribution in [1.82, 2.24) is 14.8 Å². The SMILES string of the molecule is NCc1nc(C(=O)N2CCC(N3CCOCC3)C2)cs1. The summed E-state index contributed by atoms with van der Waals surface area (Å²) in [4.78, 5) is 21.0. The molecule has 3 rings (SSSR count). The minimum atomic E-state index is 0.0386. The van der Waals surface area contributed by atoms with E-state index in [4.69, 9.17) is 10.5 Å². The summed E-state index contributed by atoms with van der Waals surface area (Å²) in [6.45, 7) is 5.56. The Bertz CT molecular complexity index is 473. The number of ether oxygens (including phenoxy) is 1. The van der Waals surface area contributed by atoms with Crippen molar-refractivity contribution in [1.29, 1.82) is 0 Å². The summed E-state index contributed by atoms with van der Waals surface area (Å²) in [5.41, 5.74) is 6.08. The van der Waals surface area contributed by atoms with Crippen LogP contribution in [0, 0.1) is 0 Å². The van der Waals surface area contributed by atoms with Crippen LogP contribution < -0.4 is 5.73 Å². The Labute approximate surface area is 122 Å². The summed E-state index contributed by atoms with van der Waals surface area (Å²) in [6, 6.07) is 0.468. The van der Waals surface area contributed by atoms with Crippen molar-refractivity contribution in [2.45, 2.75) is 19.0 Å². The van der Waals surface area contributed by atoms with E-state index in [0.29, 0.717) is 18.3 Å². The molecule has 0 radical (unpaired) electrons. The van der Waals surface area contributed by atoms with Crippen molar-refractivity contribution < 1.29 is 9.53 Å². The summed E-state index contributed by atoms with van der Waals surface area (Å²) < 4.78 is 5.38. The molecule has 3 heterocycles. The molecular formula is C13H20N4O2S. The van der Waals surface area contributed by atoms with Gasteiger partial charge in [-0.3, -0.25) is 9.69 Å². The Morgan fingerprint density at radius 3 is 2.95 bits per heavy atom. The first-order valence-corrected chi connectivity index (χ1v) is 7.91. The van der Waals surface area contributed by atoms with Crippen LogP contribution in [-0.4, -0.2) is 66.1 Å². The maximum atomic E-state index is 12.4. The number of hydrogen-bond acceptors (Lipinski definition) is 6. The molecule has 0 bridgehead atoms. The van der Waals surface area contributed by atoms with Crippen LogP contribution in [-0.2, 0) is 11.3 Å². The van der Waals surface area contributed by atoms with Crippen molar-refractivity contribution in [2.75, 3.05) is 39.4 Å². The molecule has 20 heavy (non-hydrogen) atoms. The second-order valence-electron chi connectivity index (χ2n) is 5.17. The van der Waals surface area contributed by atoms with Crippen LogP contribution in [0.25, 0.3) is 0 Å². The van der Waals surface area contributed by atoms with Gasteiger partial charge in [0.05, 0.1) is 13.2 Å². The molecule has 1 aromatic heterocycles. The zero-order valence-electron chi connectivity index (χ0n) is 11.5. The highest BCUT2D eigenvalue weighted by Crippen LogP contribution is 2.20. The van der Waals surface area contributed by atoms with Gasteiger partial charge in [-0.05, 0) is 6.42 Å². The molecule has 0 saturated carbocycles. The lowest BCUT2D eigenvalue weighted by Crippen LogP contribution is -2.45. The van der Waals surface area contributed by atoms with Crippen LogP contribution in [0.3, 0.4) is 0 Å². The average Bonchev–Trinajstić information content (AvgIpc) is 3.17. The minimum absolute atomic E-state index is 0.0386. The molecule has 2 fully saturated rings. The lowest BCUT2D eigenvalue weighted by atomic mass is 10.2. The van der Waals surface area contributed by atoms with Crippen LogP contribution in [0.15, 0.2) is 5.38 Å². The molecule has 7 heteroatoms. The van der Waals surface area contributed by atoms with E-state index in [9.17, 15) is 4.79 Å². The zero-order chi connectivity index (χ0) is 13.9. The molecule has 1 unspecified atom stereocenters. The number of carbonyl (C=O) groups is 1.